The number of hydrogen-bond donors (Lipinski definition) is 2. The van der Waals surface area contributed by atoms with Crippen LogP contribution in [0, 0.1) is 25.5 Å². The number of ether oxygens (including phenoxy) is 1. The predicted molar refractivity (Wildman–Crippen MR) is 118 cm³/mol. The molecule has 0 saturated carbocycles. The van der Waals surface area contributed by atoms with Crippen LogP contribution in [0.1, 0.15) is 21.5 Å². The number of hydrogen-bond acceptors (Lipinski definition) is 5. The summed E-state index contributed by atoms with van der Waals surface area (Å²) in [5, 5.41) is 2.16. The number of rotatable bonds is 7. The van der Waals surface area contributed by atoms with E-state index in [9.17, 15) is 26.8 Å². The first-order valence-electron chi connectivity index (χ1n) is 9.67. The van der Waals surface area contributed by atoms with Crippen molar-refractivity contribution in [3.05, 3.63) is 89.0 Å². The highest BCUT2D eigenvalue weighted by Gasteiger charge is 2.20. The molecule has 0 aliphatic carbocycles. The Hall–Kier alpha value is -3.79. The third kappa shape index (κ3) is 6.13. The van der Waals surface area contributed by atoms with E-state index in [0.717, 1.165) is 23.8 Å². The molecular formula is C23H20F2N2O5S. The molecule has 0 spiro atoms. The number of amides is 1. The van der Waals surface area contributed by atoms with Crippen LogP contribution in [0.15, 0.2) is 65.6 Å². The Labute approximate surface area is 189 Å². The summed E-state index contributed by atoms with van der Waals surface area (Å²) >= 11 is 0. The summed E-state index contributed by atoms with van der Waals surface area (Å²) in [5.74, 6) is -3.57. The van der Waals surface area contributed by atoms with Gasteiger partial charge in [-0.3, -0.25) is 9.52 Å². The van der Waals surface area contributed by atoms with Gasteiger partial charge in [0.1, 0.15) is 11.6 Å². The van der Waals surface area contributed by atoms with Crippen LogP contribution in [-0.2, 0) is 19.6 Å². The Balaban J connectivity index is 1.70. The minimum absolute atomic E-state index is 0.0529. The number of aryl methyl sites for hydroxylation is 2. The van der Waals surface area contributed by atoms with E-state index in [4.69, 9.17) is 4.74 Å². The summed E-state index contributed by atoms with van der Waals surface area (Å²) < 4.78 is 59.4. The van der Waals surface area contributed by atoms with Gasteiger partial charge in [-0.1, -0.05) is 18.2 Å². The van der Waals surface area contributed by atoms with E-state index < -0.39 is 40.1 Å². The van der Waals surface area contributed by atoms with E-state index in [-0.39, 0.29) is 16.1 Å². The van der Waals surface area contributed by atoms with Crippen molar-refractivity contribution >= 4 is 33.3 Å². The van der Waals surface area contributed by atoms with Crippen LogP contribution in [0.25, 0.3) is 0 Å². The molecule has 2 N–H and O–H groups in total. The van der Waals surface area contributed by atoms with Gasteiger partial charge in [-0.25, -0.2) is 22.0 Å². The van der Waals surface area contributed by atoms with Crippen molar-refractivity contribution in [3.63, 3.8) is 0 Å². The molecule has 0 heterocycles. The Morgan fingerprint density at radius 2 is 1.73 bits per heavy atom. The quantitative estimate of drug-likeness (QED) is 0.501. The number of halogens is 2. The maximum absolute atomic E-state index is 13.6. The van der Waals surface area contributed by atoms with Gasteiger partial charge in [0.15, 0.2) is 6.61 Å². The third-order valence-electron chi connectivity index (χ3n) is 4.55. The Kier molecular flexibility index (Phi) is 7.07. The summed E-state index contributed by atoms with van der Waals surface area (Å²) in [6.07, 6.45) is 0. The summed E-state index contributed by atoms with van der Waals surface area (Å²) in [6.45, 7) is 2.64. The largest absolute Gasteiger partial charge is 0.452 e. The van der Waals surface area contributed by atoms with Crippen molar-refractivity contribution in [2.45, 2.75) is 18.7 Å². The first-order valence-corrected chi connectivity index (χ1v) is 11.2. The van der Waals surface area contributed by atoms with Gasteiger partial charge in [0.25, 0.3) is 15.9 Å². The highest BCUT2D eigenvalue weighted by Crippen LogP contribution is 2.21. The number of anilines is 2. The molecule has 0 bridgehead atoms. The lowest BCUT2D eigenvalue weighted by Gasteiger charge is -2.12. The predicted octanol–water partition coefficient (Wildman–Crippen LogP) is 4.18. The summed E-state index contributed by atoms with van der Waals surface area (Å²) in [7, 11) is -3.99. The second kappa shape index (κ2) is 9.78. The molecule has 0 aliphatic heterocycles. The standard InChI is InChI=1S/C23H20F2N2O5S/c1-14-4-3-5-17(10-14)27-33(30,31)18-8-6-15(2)19(12-18)23(29)32-13-22(28)26-21-9-7-16(24)11-20(21)25/h3-12,27H,13H2,1-2H3,(H,26,28). The van der Waals surface area contributed by atoms with Gasteiger partial charge in [0.2, 0.25) is 0 Å². The maximum atomic E-state index is 13.6. The van der Waals surface area contributed by atoms with E-state index in [0.29, 0.717) is 17.3 Å². The van der Waals surface area contributed by atoms with Crippen molar-refractivity contribution in [2.75, 3.05) is 16.6 Å². The normalized spacial score (nSPS) is 11.0. The fourth-order valence-corrected chi connectivity index (χ4v) is 3.97. The number of nitrogens with one attached hydrogen (secondary N) is 2. The molecule has 0 saturated heterocycles. The fraction of sp³-hybridized carbons (Fsp3) is 0.130. The molecule has 3 aromatic carbocycles. The van der Waals surface area contributed by atoms with Crippen molar-refractivity contribution in [1.29, 1.82) is 0 Å². The molecule has 3 aromatic rings. The van der Waals surface area contributed by atoms with E-state index in [1.165, 1.54) is 12.1 Å². The smallest absolute Gasteiger partial charge is 0.338 e. The number of carbonyl (C=O) groups excluding carboxylic acids is 2. The maximum Gasteiger partial charge on any atom is 0.338 e. The van der Waals surface area contributed by atoms with Crippen molar-refractivity contribution < 1.29 is 31.5 Å². The lowest BCUT2D eigenvalue weighted by Crippen LogP contribution is -2.22. The average Bonchev–Trinajstić information content (AvgIpc) is 2.74. The fourth-order valence-electron chi connectivity index (χ4n) is 2.90. The van der Waals surface area contributed by atoms with Crippen molar-refractivity contribution in [3.8, 4) is 0 Å². The zero-order valence-electron chi connectivity index (χ0n) is 17.7. The number of benzene rings is 3. The van der Waals surface area contributed by atoms with E-state index >= 15 is 0 Å². The second-order valence-electron chi connectivity index (χ2n) is 7.20. The van der Waals surface area contributed by atoms with Crippen LogP contribution in [0.4, 0.5) is 20.2 Å². The summed E-state index contributed by atoms with van der Waals surface area (Å²) in [4.78, 5) is 24.3. The van der Waals surface area contributed by atoms with Gasteiger partial charge in [0.05, 0.1) is 16.1 Å². The lowest BCUT2D eigenvalue weighted by molar-refractivity contribution is -0.119. The molecule has 3 rings (SSSR count). The van der Waals surface area contributed by atoms with Crippen molar-refractivity contribution in [2.24, 2.45) is 0 Å². The van der Waals surface area contributed by atoms with Crippen LogP contribution < -0.4 is 10.0 Å². The van der Waals surface area contributed by atoms with Crippen LogP contribution in [0.5, 0.6) is 0 Å². The molecule has 10 heteroatoms. The van der Waals surface area contributed by atoms with E-state index in [1.54, 1.807) is 25.1 Å². The number of esters is 1. The van der Waals surface area contributed by atoms with Gasteiger partial charge in [-0.2, -0.15) is 0 Å². The van der Waals surface area contributed by atoms with E-state index in [2.05, 4.69) is 10.0 Å². The minimum atomic E-state index is -3.99. The number of carbonyl (C=O) groups is 2. The van der Waals surface area contributed by atoms with Crippen LogP contribution in [0.3, 0.4) is 0 Å². The minimum Gasteiger partial charge on any atom is -0.452 e. The molecule has 0 aliphatic rings. The molecule has 0 fully saturated rings. The molecule has 1 amide bonds. The molecule has 0 unspecified atom stereocenters. The second-order valence-corrected chi connectivity index (χ2v) is 8.88. The molecule has 172 valence electrons. The first-order chi connectivity index (χ1) is 15.5. The Bertz CT molecular complexity index is 1330. The monoisotopic (exact) mass is 474 g/mol. The Morgan fingerprint density at radius 3 is 2.42 bits per heavy atom. The zero-order chi connectivity index (χ0) is 24.2. The van der Waals surface area contributed by atoms with E-state index in [1.807, 2.05) is 13.0 Å². The molecular weight excluding hydrogens is 454 g/mol. The summed E-state index contributed by atoms with van der Waals surface area (Å²) in [5.41, 5.74) is 1.33. The average molecular weight is 474 g/mol. The number of sulfonamides is 1. The SMILES string of the molecule is Cc1cccc(NS(=O)(=O)c2ccc(C)c(C(=O)OCC(=O)Nc3ccc(F)cc3F)c2)c1. The topological polar surface area (TPSA) is 102 Å². The van der Waals surface area contributed by atoms with Gasteiger partial charge in [-0.15, -0.1) is 0 Å². The highest BCUT2D eigenvalue weighted by atomic mass is 32.2. The lowest BCUT2D eigenvalue weighted by atomic mass is 10.1. The molecule has 0 aromatic heterocycles. The first kappa shape index (κ1) is 23.9. The molecule has 7 nitrogen and oxygen atoms in total. The van der Waals surface area contributed by atoms with Gasteiger partial charge in [0, 0.05) is 11.8 Å². The molecule has 0 atom stereocenters. The zero-order valence-corrected chi connectivity index (χ0v) is 18.5. The van der Waals surface area contributed by atoms with Gasteiger partial charge < -0.3 is 10.1 Å². The third-order valence-corrected chi connectivity index (χ3v) is 5.93. The van der Waals surface area contributed by atoms with Crippen molar-refractivity contribution in [1.82, 2.24) is 0 Å². The van der Waals surface area contributed by atoms with Gasteiger partial charge >= 0.3 is 5.97 Å². The van der Waals surface area contributed by atoms with Crippen LogP contribution in [0.2, 0.25) is 0 Å². The Morgan fingerprint density at radius 1 is 0.970 bits per heavy atom. The van der Waals surface area contributed by atoms with Crippen LogP contribution >= 0.6 is 0 Å². The van der Waals surface area contributed by atoms with Crippen LogP contribution in [-0.4, -0.2) is 26.9 Å². The van der Waals surface area contributed by atoms with Gasteiger partial charge in [-0.05, 0) is 61.4 Å². The molecule has 33 heavy (non-hydrogen) atoms. The molecule has 0 radical (unpaired) electrons. The summed E-state index contributed by atoms with van der Waals surface area (Å²) in [6, 6.07) is 13.3. The highest BCUT2D eigenvalue weighted by molar-refractivity contribution is 7.92.